The van der Waals surface area contributed by atoms with Crippen LogP contribution >= 0.6 is 11.3 Å². The lowest BCUT2D eigenvalue weighted by atomic mass is 10.3. The zero-order chi connectivity index (χ0) is 10.6. The molecule has 1 aromatic heterocycles. The summed E-state index contributed by atoms with van der Waals surface area (Å²) in [5.74, 6) is 0. The fourth-order valence-corrected chi connectivity index (χ4v) is 1.84. The Morgan fingerprint density at radius 1 is 1.64 bits per heavy atom. The summed E-state index contributed by atoms with van der Waals surface area (Å²) in [6, 6.07) is 0. The monoisotopic (exact) mass is 216 g/mol. The number of aliphatic hydroxyl groups excluding tert-OH is 2. The van der Waals surface area contributed by atoms with Gasteiger partial charge in [0.15, 0.2) is 0 Å². The van der Waals surface area contributed by atoms with Crippen LogP contribution in [0.15, 0.2) is 5.38 Å². The van der Waals surface area contributed by atoms with Crippen LogP contribution in [-0.4, -0.2) is 46.4 Å². The number of aliphatic hydroxyl groups is 2. The van der Waals surface area contributed by atoms with E-state index in [9.17, 15) is 5.11 Å². The smallest absolute Gasteiger partial charge is 0.0897 e. The van der Waals surface area contributed by atoms with Crippen molar-refractivity contribution in [1.82, 2.24) is 9.88 Å². The van der Waals surface area contributed by atoms with E-state index < -0.39 is 6.10 Å². The molecule has 0 saturated heterocycles. The molecule has 0 aromatic carbocycles. The molecule has 0 spiro atoms. The SMILES string of the molecule is Cc1nc(CN(C)CC(O)CO)cs1. The predicted octanol–water partition coefficient (Wildman–Crippen LogP) is 0.237. The van der Waals surface area contributed by atoms with E-state index in [-0.39, 0.29) is 6.61 Å². The van der Waals surface area contributed by atoms with E-state index in [0.717, 1.165) is 10.7 Å². The molecule has 14 heavy (non-hydrogen) atoms. The van der Waals surface area contributed by atoms with Gasteiger partial charge in [-0.1, -0.05) is 0 Å². The molecular weight excluding hydrogens is 200 g/mol. The van der Waals surface area contributed by atoms with Crippen LogP contribution in [0.4, 0.5) is 0 Å². The molecule has 0 aliphatic heterocycles. The maximum Gasteiger partial charge on any atom is 0.0897 e. The minimum atomic E-state index is -0.667. The van der Waals surface area contributed by atoms with Gasteiger partial charge < -0.3 is 10.2 Å². The fourth-order valence-electron chi connectivity index (χ4n) is 1.24. The van der Waals surface area contributed by atoms with Crippen molar-refractivity contribution in [3.8, 4) is 0 Å². The van der Waals surface area contributed by atoms with Crippen molar-refractivity contribution in [1.29, 1.82) is 0 Å². The Hall–Kier alpha value is -0.490. The second kappa shape index (κ2) is 5.41. The van der Waals surface area contributed by atoms with Crippen LogP contribution < -0.4 is 0 Å². The van der Waals surface area contributed by atoms with Crippen LogP contribution in [-0.2, 0) is 6.54 Å². The quantitative estimate of drug-likeness (QED) is 0.740. The maximum absolute atomic E-state index is 9.20. The van der Waals surface area contributed by atoms with Gasteiger partial charge in [0.1, 0.15) is 0 Å². The Morgan fingerprint density at radius 2 is 2.36 bits per heavy atom. The third-order valence-electron chi connectivity index (χ3n) is 1.83. The van der Waals surface area contributed by atoms with Crippen molar-refractivity contribution in [2.45, 2.75) is 19.6 Å². The van der Waals surface area contributed by atoms with Crippen LogP contribution in [0.3, 0.4) is 0 Å². The maximum atomic E-state index is 9.20. The van der Waals surface area contributed by atoms with Crippen molar-refractivity contribution in [3.05, 3.63) is 16.1 Å². The molecule has 0 saturated carbocycles. The second-order valence-corrected chi connectivity index (χ2v) is 4.45. The molecule has 0 fully saturated rings. The highest BCUT2D eigenvalue weighted by atomic mass is 32.1. The zero-order valence-corrected chi connectivity index (χ0v) is 9.29. The van der Waals surface area contributed by atoms with Crippen molar-refractivity contribution >= 4 is 11.3 Å². The van der Waals surface area contributed by atoms with Gasteiger partial charge in [-0.3, -0.25) is 4.90 Å². The second-order valence-electron chi connectivity index (χ2n) is 3.39. The van der Waals surface area contributed by atoms with Crippen molar-refractivity contribution < 1.29 is 10.2 Å². The summed E-state index contributed by atoms with van der Waals surface area (Å²) in [4.78, 5) is 6.26. The van der Waals surface area contributed by atoms with Gasteiger partial charge in [-0.2, -0.15) is 0 Å². The van der Waals surface area contributed by atoms with Crippen molar-refractivity contribution in [2.24, 2.45) is 0 Å². The molecule has 0 amide bonds. The molecule has 4 nitrogen and oxygen atoms in total. The predicted molar refractivity (Wildman–Crippen MR) is 56.3 cm³/mol. The van der Waals surface area contributed by atoms with E-state index in [1.54, 1.807) is 11.3 Å². The van der Waals surface area contributed by atoms with E-state index >= 15 is 0 Å². The summed E-state index contributed by atoms with van der Waals surface area (Å²) in [7, 11) is 1.90. The zero-order valence-electron chi connectivity index (χ0n) is 8.47. The van der Waals surface area contributed by atoms with Gasteiger partial charge in [-0.25, -0.2) is 4.98 Å². The summed E-state index contributed by atoms with van der Waals surface area (Å²) in [6.45, 7) is 2.95. The summed E-state index contributed by atoms with van der Waals surface area (Å²) in [6.07, 6.45) is -0.667. The Balaban J connectivity index is 2.37. The first-order valence-electron chi connectivity index (χ1n) is 4.50. The van der Waals surface area contributed by atoms with Gasteiger partial charge in [0.25, 0.3) is 0 Å². The average molecular weight is 216 g/mol. The Morgan fingerprint density at radius 3 is 2.86 bits per heavy atom. The minimum absolute atomic E-state index is 0.194. The Labute approximate surface area is 87.8 Å². The summed E-state index contributed by atoms with van der Waals surface area (Å²) >= 11 is 1.62. The first-order chi connectivity index (χ1) is 6.61. The molecule has 2 N–H and O–H groups in total. The number of thiazole rings is 1. The summed E-state index contributed by atoms with van der Waals surface area (Å²) in [5, 5.41) is 20.9. The number of rotatable bonds is 5. The van der Waals surface area contributed by atoms with Crippen LogP contribution in [0.1, 0.15) is 10.7 Å². The third-order valence-corrected chi connectivity index (χ3v) is 2.65. The van der Waals surface area contributed by atoms with Gasteiger partial charge in [-0.05, 0) is 14.0 Å². The molecule has 80 valence electrons. The molecule has 0 aliphatic rings. The van der Waals surface area contributed by atoms with E-state index in [1.807, 2.05) is 24.3 Å². The van der Waals surface area contributed by atoms with Crippen LogP contribution in [0, 0.1) is 6.92 Å². The van der Waals surface area contributed by atoms with Gasteiger partial charge in [0.2, 0.25) is 0 Å². The summed E-state index contributed by atoms with van der Waals surface area (Å²) < 4.78 is 0. The summed E-state index contributed by atoms with van der Waals surface area (Å²) in [5.41, 5.74) is 1.01. The lowest BCUT2D eigenvalue weighted by Crippen LogP contribution is -2.31. The highest BCUT2D eigenvalue weighted by Crippen LogP contribution is 2.09. The molecule has 1 atom stereocenters. The molecule has 5 heteroatoms. The van der Waals surface area contributed by atoms with Gasteiger partial charge in [-0.15, -0.1) is 11.3 Å². The lowest BCUT2D eigenvalue weighted by molar-refractivity contribution is 0.0645. The van der Waals surface area contributed by atoms with Gasteiger partial charge in [0, 0.05) is 18.5 Å². The molecule has 0 bridgehead atoms. The standard InChI is InChI=1S/C9H16N2O2S/c1-7-10-8(6-14-7)3-11(2)4-9(13)5-12/h6,9,12-13H,3-5H2,1-2H3. The van der Waals surface area contributed by atoms with Gasteiger partial charge in [0.05, 0.1) is 23.4 Å². The number of nitrogens with zero attached hydrogens (tertiary/aromatic N) is 2. The molecule has 1 rings (SSSR count). The van der Waals surface area contributed by atoms with E-state index in [4.69, 9.17) is 5.11 Å². The molecule has 0 aliphatic carbocycles. The van der Waals surface area contributed by atoms with Crippen molar-refractivity contribution in [3.63, 3.8) is 0 Å². The number of likely N-dealkylation sites (N-methyl/N-ethyl adjacent to an activating group) is 1. The molecule has 1 aromatic rings. The van der Waals surface area contributed by atoms with Crippen molar-refractivity contribution in [2.75, 3.05) is 20.2 Å². The number of hydrogen-bond acceptors (Lipinski definition) is 5. The molecule has 1 heterocycles. The highest BCUT2D eigenvalue weighted by molar-refractivity contribution is 7.09. The minimum Gasteiger partial charge on any atom is -0.394 e. The van der Waals surface area contributed by atoms with Gasteiger partial charge >= 0.3 is 0 Å². The fraction of sp³-hybridized carbons (Fsp3) is 0.667. The first-order valence-corrected chi connectivity index (χ1v) is 5.38. The average Bonchev–Trinajstić information content (AvgIpc) is 2.50. The van der Waals surface area contributed by atoms with Crippen LogP contribution in [0.25, 0.3) is 0 Å². The Kier molecular flexibility index (Phi) is 4.47. The van der Waals surface area contributed by atoms with E-state index in [1.165, 1.54) is 0 Å². The van der Waals surface area contributed by atoms with Crippen LogP contribution in [0.2, 0.25) is 0 Å². The number of hydrogen-bond donors (Lipinski definition) is 2. The third kappa shape index (κ3) is 3.71. The topological polar surface area (TPSA) is 56.6 Å². The molecule has 0 radical (unpaired) electrons. The highest BCUT2D eigenvalue weighted by Gasteiger charge is 2.08. The largest absolute Gasteiger partial charge is 0.394 e. The molecule has 1 unspecified atom stereocenters. The normalized spacial score (nSPS) is 13.5. The first kappa shape index (κ1) is 11.6. The van der Waals surface area contributed by atoms with E-state index in [0.29, 0.717) is 13.1 Å². The van der Waals surface area contributed by atoms with E-state index in [2.05, 4.69) is 4.98 Å². The molecular formula is C9H16N2O2S. The Bertz CT molecular complexity index is 278. The lowest BCUT2D eigenvalue weighted by Gasteiger charge is -2.17. The van der Waals surface area contributed by atoms with Crippen LogP contribution in [0.5, 0.6) is 0 Å². The number of aryl methyl sites for hydroxylation is 1. The number of aromatic nitrogens is 1.